The highest BCUT2D eigenvalue weighted by molar-refractivity contribution is 6.90. The number of hydrogen-bond acceptors (Lipinski definition) is 2. The largest absolute Gasteiger partial charge is 0.269 e. The number of nitro benzene ring substituents is 1. The van der Waals surface area contributed by atoms with Crippen molar-refractivity contribution >= 4 is 13.8 Å². The van der Waals surface area contributed by atoms with Crippen LogP contribution in [-0.4, -0.2) is 13.0 Å². The lowest BCUT2D eigenvalue weighted by molar-refractivity contribution is -0.384. The summed E-state index contributed by atoms with van der Waals surface area (Å²) in [5.74, 6) is 8.97. The van der Waals surface area contributed by atoms with E-state index in [1.165, 1.54) is 12.1 Å². The molecule has 0 heterocycles. The monoisotopic (exact) mass is 327 g/mol. The van der Waals surface area contributed by atoms with Crippen molar-refractivity contribution in [1.29, 1.82) is 0 Å². The molecule has 0 aliphatic heterocycles. The molecule has 1 rings (SSSR count). The molecule has 3 nitrogen and oxygen atoms in total. The number of nitrogens with zero attached hydrogens (tertiary/aromatic N) is 1. The van der Waals surface area contributed by atoms with Gasteiger partial charge in [-0.05, 0) is 40.6 Å². The first kappa shape index (κ1) is 19.0. The zero-order chi connectivity index (χ0) is 17.6. The Labute approximate surface area is 140 Å². The van der Waals surface area contributed by atoms with E-state index in [1.54, 1.807) is 12.1 Å². The highest BCUT2D eigenvalue weighted by atomic mass is 28.3. The van der Waals surface area contributed by atoms with E-state index in [4.69, 9.17) is 0 Å². The Morgan fingerprint density at radius 2 is 1.39 bits per heavy atom. The van der Waals surface area contributed by atoms with Crippen LogP contribution in [0, 0.1) is 33.4 Å². The molecule has 4 heteroatoms. The summed E-state index contributed by atoms with van der Waals surface area (Å²) in [6.45, 7) is 13.6. The predicted octanol–water partition coefficient (Wildman–Crippen LogP) is 5.17. The Morgan fingerprint density at radius 3 is 1.78 bits per heavy atom. The third-order valence-electron chi connectivity index (χ3n) is 4.49. The van der Waals surface area contributed by atoms with Gasteiger partial charge in [-0.15, -0.1) is 5.54 Å². The van der Waals surface area contributed by atoms with E-state index in [-0.39, 0.29) is 5.69 Å². The van der Waals surface area contributed by atoms with Crippen LogP contribution in [0.4, 0.5) is 5.69 Å². The van der Waals surface area contributed by atoms with Crippen LogP contribution >= 0.6 is 0 Å². The molecule has 0 fully saturated rings. The maximum Gasteiger partial charge on any atom is 0.269 e. The SMILES string of the molecule is CC(C)[Si](C#CC#Cc1ccc([N+](=O)[O-])cc1)(C(C)C)C(C)C. The molecule has 0 amide bonds. The van der Waals surface area contributed by atoms with E-state index in [9.17, 15) is 10.1 Å². The van der Waals surface area contributed by atoms with Crippen LogP contribution in [0.25, 0.3) is 0 Å². The van der Waals surface area contributed by atoms with E-state index < -0.39 is 13.0 Å². The van der Waals surface area contributed by atoms with Gasteiger partial charge in [0.15, 0.2) is 0 Å². The lowest BCUT2D eigenvalue weighted by Gasteiger charge is -2.37. The molecule has 1 aromatic carbocycles. The highest BCUT2D eigenvalue weighted by Crippen LogP contribution is 2.40. The zero-order valence-electron chi connectivity index (χ0n) is 14.8. The smallest absolute Gasteiger partial charge is 0.258 e. The minimum atomic E-state index is -1.74. The molecule has 0 bridgehead atoms. The summed E-state index contributed by atoms with van der Waals surface area (Å²) < 4.78 is 0. The summed E-state index contributed by atoms with van der Waals surface area (Å²) >= 11 is 0. The average molecular weight is 328 g/mol. The maximum atomic E-state index is 10.6. The second kappa shape index (κ2) is 7.99. The molecule has 0 aromatic heterocycles. The predicted molar refractivity (Wildman–Crippen MR) is 98.8 cm³/mol. The van der Waals surface area contributed by atoms with E-state index in [0.717, 1.165) is 5.56 Å². The standard InChI is InChI=1S/C19H25NO2Si/c1-15(2)23(16(3)4,17(5)6)14-8-7-9-18-10-12-19(13-11-18)20(21)22/h10-13,15-17H,1-6H3. The molecule has 0 unspecified atom stereocenters. The quantitative estimate of drug-likeness (QED) is 0.331. The minimum Gasteiger partial charge on any atom is -0.258 e. The Kier molecular flexibility index (Phi) is 6.60. The fourth-order valence-electron chi connectivity index (χ4n) is 3.34. The number of non-ortho nitro benzene ring substituents is 1. The van der Waals surface area contributed by atoms with Crippen molar-refractivity contribution in [3.8, 4) is 23.3 Å². The molecule has 0 radical (unpaired) electrons. The Balaban J connectivity index is 3.05. The van der Waals surface area contributed by atoms with Crippen LogP contribution in [0.2, 0.25) is 16.6 Å². The van der Waals surface area contributed by atoms with Crippen molar-refractivity contribution < 1.29 is 4.92 Å². The molecule has 122 valence electrons. The van der Waals surface area contributed by atoms with Gasteiger partial charge in [0.05, 0.1) is 4.92 Å². The molecule has 0 aliphatic rings. The number of hydrogen-bond donors (Lipinski definition) is 0. The maximum absolute atomic E-state index is 10.6. The lowest BCUT2D eigenvalue weighted by atomic mass is 10.2. The first-order valence-corrected chi connectivity index (χ1v) is 10.2. The normalized spacial score (nSPS) is 11.0. The van der Waals surface area contributed by atoms with Gasteiger partial charge in [0, 0.05) is 17.7 Å². The van der Waals surface area contributed by atoms with E-state index in [0.29, 0.717) is 16.6 Å². The van der Waals surface area contributed by atoms with Crippen molar-refractivity contribution in [1.82, 2.24) is 0 Å². The van der Waals surface area contributed by atoms with Crippen LogP contribution in [0.5, 0.6) is 0 Å². The Hall–Kier alpha value is -2.04. The van der Waals surface area contributed by atoms with Crippen molar-refractivity contribution in [3.63, 3.8) is 0 Å². The molecule has 0 N–H and O–H groups in total. The van der Waals surface area contributed by atoms with Gasteiger partial charge in [0.1, 0.15) is 8.07 Å². The molecular weight excluding hydrogens is 302 g/mol. The van der Waals surface area contributed by atoms with Gasteiger partial charge in [-0.25, -0.2) is 0 Å². The van der Waals surface area contributed by atoms with Crippen molar-refractivity contribution in [2.24, 2.45) is 0 Å². The van der Waals surface area contributed by atoms with Gasteiger partial charge in [-0.1, -0.05) is 47.5 Å². The Morgan fingerprint density at radius 1 is 0.913 bits per heavy atom. The first-order valence-electron chi connectivity index (χ1n) is 7.99. The van der Waals surface area contributed by atoms with Crippen LogP contribution in [0.1, 0.15) is 47.1 Å². The van der Waals surface area contributed by atoms with Gasteiger partial charge in [0.25, 0.3) is 5.69 Å². The van der Waals surface area contributed by atoms with Crippen molar-refractivity contribution in [3.05, 3.63) is 39.9 Å². The van der Waals surface area contributed by atoms with Crippen LogP contribution in [-0.2, 0) is 0 Å². The molecule has 0 saturated heterocycles. The Bertz CT molecular complexity index is 646. The summed E-state index contributed by atoms with van der Waals surface area (Å²) in [4.78, 5) is 10.2. The molecule has 0 aliphatic carbocycles. The summed E-state index contributed by atoms with van der Waals surface area (Å²) in [6.07, 6.45) is 0. The van der Waals surface area contributed by atoms with Gasteiger partial charge >= 0.3 is 0 Å². The molecule has 23 heavy (non-hydrogen) atoms. The lowest BCUT2D eigenvalue weighted by Crippen LogP contribution is -2.43. The molecule has 0 spiro atoms. The first-order chi connectivity index (χ1) is 10.7. The molecule has 0 atom stereocenters. The third kappa shape index (κ3) is 4.47. The fraction of sp³-hybridized carbons (Fsp3) is 0.474. The highest BCUT2D eigenvalue weighted by Gasteiger charge is 2.41. The summed E-state index contributed by atoms with van der Waals surface area (Å²) in [5, 5.41) is 10.6. The summed E-state index contributed by atoms with van der Waals surface area (Å²) in [6, 6.07) is 6.25. The van der Waals surface area contributed by atoms with Crippen LogP contribution in [0.15, 0.2) is 24.3 Å². The molecule has 0 saturated carbocycles. The topological polar surface area (TPSA) is 43.1 Å². The number of benzene rings is 1. The second-order valence-corrected chi connectivity index (χ2v) is 12.3. The van der Waals surface area contributed by atoms with Gasteiger partial charge in [-0.2, -0.15) is 0 Å². The van der Waals surface area contributed by atoms with E-state index >= 15 is 0 Å². The third-order valence-corrected chi connectivity index (χ3v) is 10.8. The zero-order valence-corrected chi connectivity index (χ0v) is 15.8. The van der Waals surface area contributed by atoms with E-state index in [2.05, 4.69) is 64.8 Å². The van der Waals surface area contributed by atoms with Gasteiger partial charge < -0.3 is 0 Å². The van der Waals surface area contributed by atoms with Gasteiger partial charge in [0.2, 0.25) is 0 Å². The van der Waals surface area contributed by atoms with E-state index in [1.807, 2.05) is 0 Å². The average Bonchev–Trinajstić information content (AvgIpc) is 2.46. The minimum absolute atomic E-state index is 0.0764. The van der Waals surface area contributed by atoms with Crippen LogP contribution in [0.3, 0.4) is 0 Å². The molecule has 1 aromatic rings. The second-order valence-electron chi connectivity index (χ2n) is 6.70. The number of rotatable bonds is 4. The van der Waals surface area contributed by atoms with Crippen LogP contribution < -0.4 is 0 Å². The number of nitro groups is 1. The fourth-order valence-corrected chi connectivity index (χ4v) is 8.49. The molecular formula is C19H25NO2Si. The van der Waals surface area contributed by atoms with Crippen molar-refractivity contribution in [2.75, 3.05) is 0 Å². The van der Waals surface area contributed by atoms with Crippen molar-refractivity contribution in [2.45, 2.75) is 58.2 Å². The van der Waals surface area contributed by atoms with Gasteiger partial charge in [-0.3, -0.25) is 10.1 Å². The summed E-state index contributed by atoms with van der Waals surface area (Å²) in [5.41, 5.74) is 6.10. The summed E-state index contributed by atoms with van der Waals surface area (Å²) in [7, 11) is -1.74.